The summed E-state index contributed by atoms with van der Waals surface area (Å²) in [6.07, 6.45) is 0.721. The number of aliphatic imine (C=N–C) groups is 1. The maximum atomic E-state index is 11.6. The van der Waals surface area contributed by atoms with Gasteiger partial charge in [0.05, 0.1) is 5.69 Å². The summed E-state index contributed by atoms with van der Waals surface area (Å²) in [6, 6.07) is 15.7. The number of hydrogen-bond donors (Lipinski definition) is 1. The number of nitrogens with two attached hydrogens (primary N) is 1. The van der Waals surface area contributed by atoms with E-state index >= 15 is 0 Å². The van der Waals surface area contributed by atoms with Gasteiger partial charge in [-0.3, -0.25) is 9.79 Å². The molecule has 0 bridgehead atoms. The van der Waals surface area contributed by atoms with E-state index in [1.807, 2.05) is 43.3 Å². The summed E-state index contributed by atoms with van der Waals surface area (Å²) >= 11 is 0. The van der Waals surface area contributed by atoms with E-state index in [2.05, 4.69) is 18.0 Å². The number of nitrogens with zero attached hydrogens (tertiary/aromatic N) is 1. The highest BCUT2D eigenvalue weighted by Gasteiger charge is 2.37. The molecule has 1 amide bonds. The quantitative estimate of drug-likeness (QED) is 0.919. The molecular formula is C18H18N2O. The van der Waals surface area contributed by atoms with Crippen LogP contribution in [-0.2, 0) is 11.8 Å². The maximum Gasteiger partial charge on any atom is 0.248 e. The summed E-state index contributed by atoms with van der Waals surface area (Å²) in [7, 11) is 0. The standard InChI is InChI=1S/C18H18N2O/c1-12-18(2,15-9-5-6-10-16(15)20-12)11-13-7-3-4-8-14(13)17(19)21/h3-10H,11H2,1-2H3,(H2,19,21). The van der Waals surface area contributed by atoms with Crippen molar-refractivity contribution in [3.8, 4) is 0 Å². The van der Waals surface area contributed by atoms with Gasteiger partial charge in [-0.05, 0) is 43.5 Å². The molecule has 1 atom stereocenters. The monoisotopic (exact) mass is 278 g/mol. The fourth-order valence-electron chi connectivity index (χ4n) is 3.06. The van der Waals surface area contributed by atoms with Crippen LogP contribution >= 0.6 is 0 Å². The normalized spacial score (nSPS) is 20.0. The summed E-state index contributed by atoms with van der Waals surface area (Å²) in [5, 5.41) is 0. The molecule has 0 spiro atoms. The molecule has 21 heavy (non-hydrogen) atoms. The Kier molecular flexibility index (Phi) is 3.13. The first kappa shape index (κ1) is 13.6. The van der Waals surface area contributed by atoms with Gasteiger partial charge in [0.25, 0.3) is 0 Å². The van der Waals surface area contributed by atoms with Crippen molar-refractivity contribution >= 4 is 17.3 Å². The molecule has 2 N–H and O–H groups in total. The predicted octanol–water partition coefficient (Wildman–Crippen LogP) is 3.39. The van der Waals surface area contributed by atoms with Crippen molar-refractivity contribution in [2.75, 3.05) is 0 Å². The average molecular weight is 278 g/mol. The number of amides is 1. The number of para-hydroxylation sites is 1. The van der Waals surface area contributed by atoms with Crippen molar-refractivity contribution in [1.82, 2.24) is 0 Å². The topological polar surface area (TPSA) is 55.4 Å². The fraction of sp³-hybridized carbons (Fsp3) is 0.222. The van der Waals surface area contributed by atoms with Gasteiger partial charge < -0.3 is 5.73 Å². The number of rotatable bonds is 3. The largest absolute Gasteiger partial charge is 0.366 e. The van der Waals surface area contributed by atoms with Crippen LogP contribution in [0.15, 0.2) is 53.5 Å². The maximum absolute atomic E-state index is 11.6. The van der Waals surface area contributed by atoms with E-state index in [9.17, 15) is 4.79 Å². The molecule has 0 fully saturated rings. The molecule has 3 nitrogen and oxygen atoms in total. The molecule has 0 aromatic heterocycles. The lowest BCUT2D eigenvalue weighted by Gasteiger charge is -2.27. The molecule has 0 saturated carbocycles. The Hall–Kier alpha value is -2.42. The molecule has 2 aromatic carbocycles. The van der Waals surface area contributed by atoms with Crippen LogP contribution in [0.25, 0.3) is 0 Å². The van der Waals surface area contributed by atoms with E-state index in [1.54, 1.807) is 6.07 Å². The smallest absolute Gasteiger partial charge is 0.248 e. The van der Waals surface area contributed by atoms with Gasteiger partial charge in [-0.15, -0.1) is 0 Å². The summed E-state index contributed by atoms with van der Waals surface area (Å²) < 4.78 is 0. The molecule has 1 heterocycles. The molecule has 0 aliphatic carbocycles. The minimum atomic E-state index is -0.380. The number of carbonyl (C=O) groups excluding carboxylic acids is 1. The van der Waals surface area contributed by atoms with Gasteiger partial charge in [-0.2, -0.15) is 0 Å². The van der Waals surface area contributed by atoms with Crippen LogP contribution in [0.2, 0.25) is 0 Å². The van der Waals surface area contributed by atoms with Crippen molar-refractivity contribution < 1.29 is 4.79 Å². The molecule has 3 rings (SSSR count). The van der Waals surface area contributed by atoms with Crippen molar-refractivity contribution in [2.45, 2.75) is 25.7 Å². The molecule has 1 aliphatic heterocycles. The lowest BCUT2D eigenvalue weighted by atomic mass is 9.74. The van der Waals surface area contributed by atoms with Gasteiger partial charge in [0.15, 0.2) is 0 Å². The van der Waals surface area contributed by atoms with E-state index in [-0.39, 0.29) is 11.3 Å². The second-order valence-corrected chi connectivity index (χ2v) is 5.74. The van der Waals surface area contributed by atoms with Crippen molar-refractivity contribution in [1.29, 1.82) is 0 Å². The Labute approximate surface area is 124 Å². The highest BCUT2D eigenvalue weighted by Crippen LogP contribution is 2.42. The Morgan fingerprint density at radius 1 is 1.14 bits per heavy atom. The predicted molar refractivity (Wildman–Crippen MR) is 85.2 cm³/mol. The number of primary amides is 1. The van der Waals surface area contributed by atoms with Crippen LogP contribution in [-0.4, -0.2) is 11.6 Å². The summed E-state index contributed by atoms with van der Waals surface area (Å²) in [6.45, 7) is 4.22. The van der Waals surface area contributed by atoms with Crippen LogP contribution in [0.4, 0.5) is 5.69 Å². The molecule has 106 valence electrons. The Morgan fingerprint density at radius 3 is 2.57 bits per heavy atom. The highest BCUT2D eigenvalue weighted by atomic mass is 16.1. The third kappa shape index (κ3) is 2.15. The first-order chi connectivity index (χ1) is 10.0. The highest BCUT2D eigenvalue weighted by molar-refractivity contribution is 6.01. The molecule has 2 aromatic rings. The third-order valence-electron chi connectivity index (χ3n) is 4.41. The molecule has 0 saturated heterocycles. The summed E-state index contributed by atoms with van der Waals surface area (Å²) in [5.41, 5.74) is 10.2. The molecular weight excluding hydrogens is 260 g/mol. The number of benzene rings is 2. The van der Waals surface area contributed by atoms with Crippen molar-refractivity contribution in [2.24, 2.45) is 10.7 Å². The zero-order valence-corrected chi connectivity index (χ0v) is 12.3. The van der Waals surface area contributed by atoms with Crippen molar-refractivity contribution in [3.63, 3.8) is 0 Å². The number of carbonyl (C=O) groups is 1. The zero-order chi connectivity index (χ0) is 15.0. The second-order valence-electron chi connectivity index (χ2n) is 5.74. The van der Waals surface area contributed by atoms with Crippen LogP contribution in [0.1, 0.15) is 35.3 Å². The van der Waals surface area contributed by atoms with Crippen molar-refractivity contribution in [3.05, 3.63) is 65.2 Å². The van der Waals surface area contributed by atoms with Gasteiger partial charge in [-0.25, -0.2) is 0 Å². The molecule has 0 radical (unpaired) electrons. The van der Waals surface area contributed by atoms with Crippen LogP contribution in [0.3, 0.4) is 0 Å². The van der Waals surface area contributed by atoms with Crippen LogP contribution in [0, 0.1) is 0 Å². The van der Waals surface area contributed by atoms with Gasteiger partial charge in [0, 0.05) is 16.7 Å². The van der Waals surface area contributed by atoms with E-state index in [0.717, 1.165) is 23.4 Å². The minimum Gasteiger partial charge on any atom is -0.366 e. The Morgan fingerprint density at radius 2 is 1.81 bits per heavy atom. The Balaban J connectivity index is 2.06. The first-order valence-corrected chi connectivity index (χ1v) is 7.05. The zero-order valence-electron chi connectivity index (χ0n) is 12.3. The second kappa shape index (κ2) is 4.85. The van der Waals surface area contributed by atoms with Gasteiger partial charge in [0.2, 0.25) is 5.91 Å². The minimum absolute atomic E-state index is 0.192. The van der Waals surface area contributed by atoms with E-state index < -0.39 is 0 Å². The molecule has 3 heteroatoms. The first-order valence-electron chi connectivity index (χ1n) is 7.05. The SMILES string of the molecule is CC1=Nc2ccccc2C1(C)Cc1ccccc1C(N)=O. The van der Waals surface area contributed by atoms with Crippen LogP contribution < -0.4 is 5.73 Å². The summed E-state index contributed by atoms with van der Waals surface area (Å²) in [4.78, 5) is 16.3. The fourth-order valence-corrected chi connectivity index (χ4v) is 3.06. The number of fused-ring (bicyclic) bond motifs is 1. The average Bonchev–Trinajstić information content (AvgIpc) is 2.71. The van der Waals surface area contributed by atoms with E-state index in [4.69, 9.17) is 5.73 Å². The molecule has 1 unspecified atom stereocenters. The van der Waals surface area contributed by atoms with Gasteiger partial charge in [0.1, 0.15) is 0 Å². The van der Waals surface area contributed by atoms with Crippen LogP contribution in [0.5, 0.6) is 0 Å². The lowest BCUT2D eigenvalue weighted by Crippen LogP contribution is -2.31. The molecule has 1 aliphatic rings. The lowest BCUT2D eigenvalue weighted by molar-refractivity contribution is 0.0999. The van der Waals surface area contributed by atoms with Gasteiger partial charge in [-0.1, -0.05) is 36.4 Å². The van der Waals surface area contributed by atoms with E-state index in [1.165, 1.54) is 5.56 Å². The third-order valence-corrected chi connectivity index (χ3v) is 4.41. The number of hydrogen-bond acceptors (Lipinski definition) is 2. The van der Waals surface area contributed by atoms with E-state index in [0.29, 0.717) is 5.56 Å². The Bertz CT molecular complexity index is 748. The van der Waals surface area contributed by atoms with Gasteiger partial charge >= 0.3 is 0 Å². The summed E-state index contributed by atoms with van der Waals surface area (Å²) in [5.74, 6) is -0.380.